The van der Waals surface area contributed by atoms with E-state index >= 15 is 0 Å². The number of anilines is 1. The van der Waals surface area contributed by atoms with Crippen molar-refractivity contribution in [2.45, 2.75) is 27.7 Å². The molecule has 0 atom stereocenters. The Hall–Kier alpha value is -2.30. The lowest BCUT2D eigenvalue weighted by Gasteiger charge is -2.36. The zero-order valence-electron chi connectivity index (χ0n) is 17.7. The van der Waals surface area contributed by atoms with E-state index in [0.717, 1.165) is 48.3 Å². The first-order valence-corrected chi connectivity index (χ1v) is 10.1. The summed E-state index contributed by atoms with van der Waals surface area (Å²) < 4.78 is 0. The summed E-state index contributed by atoms with van der Waals surface area (Å²) in [6.07, 6.45) is 0. The smallest absolute Gasteiger partial charge is 0.179 e. The van der Waals surface area contributed by atoms with Crippen molar-refractivity contribution >= 4 is 34.8 Å². The van der Waals surface area contributed by atoms with E-state index < -0.39 is 0 Å². The van der Waals surface area contributed by atoms with E-state index in [1.807, 2.05) is 6.92 Å². The second kappa shape index (κ2) is 8.60. The van der Waals surface area contributed by atoms with E-state index in [9.17, 15) is 4.79 Å². The molecule has 154 valence electrons. The molecule has 3 aromatic rings. The summed E-state index contributed by atoms with van der Waals surface area (Å²) in [5.41, 5.74) is 8.10. The second-order valence-corrected chi connectivity index (χ2v) is 8.08. The molecule has 0 saturated carbocycles. The van der Waals surface area contributed by atoms with Gasteiger partial charge in [-0.1, -0.05) is 24.3 Å². The first kappa shape index (κ1) is 21.4. The van der Waals surface area contributed by atoms with Gasteiger partial charge in [-0.05, 0) is 56.5 Å². The van der Waals surface area contributed by atoms with Gasteiger partial charge in [-0.2, -0.15) is 0 Å². The second-order valence-electron chi connectivity index (χ2n) is 8.08. The average Bonchev–Trinajstić information content (AvgIpc) is 2.99. The molecule has 0 bridgehead atoms. The van der Waals surface area contributed by atoms with Crippen LogP contribution >= 0.6 is 12.4 Å². The standard InChI is InChI=1S/C24H29N3O.ClH/c1-16-8-9-20-21(14-16)25-19(4)24(20)23(28)15-26-10-12-27(13-11-26)22-7-5-6-17(2)18(22)3;/h5-9,14,25H,10-13,15H2,1-4H3;1H. The SMILES string of the molecule is Cc1ccc2c(C(=O)CN3CCN(c4cccc(C)c4C)CC3)c(C)[nH]c2c1.Cl. The van der Waals surface area contributed by atoms with Crippen LogP contribution in [-0.2, 0) is 0 Å². The van der Waals surface area contributed by atoms with Crippen LogP contribution in [0.5, 0.6) is 0 Å². The topological polar surface area (TPSA) is 39.3 Å². The van der Waals surface area contributed by atoms with Gasteiger partial charge in [-0.25, -0.2) is 0 Å². The van der Waals surface area contributed by atoms with Crippen LogP contribution in [0.2, 0.25) is 0 Å². The quantitative estimate of drug-likeness (QED) is 0.625. The van der Waals surface area contributed by atoms with E-state index in [-0.39, 0.29) is 18.2 Å². The van der Waals surface area contributed by atoms with Crippen LogP contribution in [0, 0.1) is 27.7 Å². The first-order valence-electron chi connectivity index (χ1n) is 10.1. The number of Topliss-reactive ketones (excluding diaryl/α,β-unsaturated/α-hetero) is 1. The predicted octanol–water partition coefficient (Wildman–Crippen LogP) is 4.83. The Morgan fingerprint density at radius 1 is 1.00 bits per heavy atom. The van der Waals surface area contributed by atoms with Gasteiger partial charge in [0.1, 0.15) is 0 Å². The fraction of sp³-hybridized carbons (Fsp3) is 0.375. The Bertz CT molecular complexity index is 1030. The number of rotatable bonds is 4. The summed E-state index contributed by atoms with van der Waals surface area (Å²) in [6.45, 7) is 12.7. The molecule has 0 aliphatic carbocycles. The fourth-order valence-corrected chi connectivity index (χ4v) is 4.31. The minimum atomic E-state index is 0. The van der Waals surface area contributed by atoms with Crippen molar-refractivity contribution in [2.75, 3.05) is 37.6 Å². The summed E-state index contributed by atoms with van der Waals surface area (Å²) in [6, 6.07) is 12.8. The number of carbonyl (C=O) groups is 1. The zero-order valence-corrected chi connectivity index (χ0v) is 18.5. The molecule has 0 amide bonds. The minimum Gasteiger partial charge on any atom is -0.369 e. The van der Waals surface area contributed by atoms with E-state index in [1.54, 1.807) is 0 Å². The number of hydrogen-bond donors (Lipinski definition) is 1. The van der Waals surface area contributed by atoms with Crippen LogP contribution in [0.4, 0.5) is 5.69 Å². The number of aryl methyl sites for hydroxylation is 3. The van der Waals surface area contributed by atoms with Gasteiger partial charge in [0.25, 0.3) is 0 Å². The molecule has 0 spiro atoms. The maximum atomic E-state index is 13.1. The molecule has 2 aromatic carbocycles. The Kier molecular flexibility index (Phi) is 6.35. The van der Waals surface area contributed by atoms with Gasteiger partial charge in [0.15, 0.2) is 5.78 Å². The first-order chi connectivity index (χ1) is 13.4. The molecule has 1 N–H and O–H groups in total. The molecule has 2 heterocycles. The van der Waals surface area contributed by atoms with Gasteiger partial charge in [-0.3, -0.25) is 9.69 Å². The highest BCUT2D eigenvalue weighted by atomic mass is 35.5. The monoisotopic (exact) mass is 411 g/mol. The number of piperazine rings is 1. The lowest BCUT2D eigenvalue weighted by atomic mass is 10.0. The van der Waals surface area contributed by atoms with E-state index in [2.05, 4.69) is 72.0 Å². The highest BCUT2D eigenvalue weighted by molar-refractivity contribution is 6.10. The number of ketones is 1. The van der Waals surface area contributed by atoms with Gasteiger partial charge in [-0.15, -0.1) is 12.4 Å². The number of benzene rings is 2. The Morgan fingerprint density at radius 3 is 2.45 bits per heavy atom. The average molecular weight is 412 g/mol. The highest BCUT2D eigenvalue weighted by Gasteiger charge is 2.23. The molecule has 1 aliphatic heterocycles. The molecule has 1 fully saturated rings. The van der Waals surface area contributed by atoms with Gasteiger partial charge >= 0.3 is 0 Å². The number of H-pyrrole nitrogens is 1. The van der Waals surface area contributed by atoms with Crippen molar-refractivity contribution < 1.29 is 4.79 Å². The van der Waals surface area contributed by atoms with Crippen molar-refractivity contribution in [1.82, 2.24) is 9.88 Å². The predicted molar refractivity (Wildman–Crippen MR) is 124 cm³/mol. The van der Waals surface area contributed by atoms with Crippen LogP contribution in [0.25, 0.3) is 10.9 Å². The number of carbonyl (C=O) groups excluding carboxylic acids is 1. The molecule has 5 heteroatoms. The number of hydrogen-bond acceptors (Lipinski definition) is 3. The molecular weight excluding hydrogens is 382 g/mol. The number of aromatic amines is 1. The van der Waals surface area contributed by atoms with Crippen molar-refractivity contribution in [1.29, 1.82) is 0 Å². The maximum Gasteiger partial charge on any atom is 0.179 e. The molecule has 1 aromatic heterocycles. The number of aromatic nitrogens is 1. The zero-order chi connectivity index (χ0) is 19.8. The molecule has 29 heavy (non-hydrogen) atoms. The Balaban J connectivity index is 0.00000240. The highest BCUT2D eigenvalue weighted by Crippen LogP contribution is 2.26. The summed E-state index contributed by atoms with van der Waals surface area (Å²) in [7, 11) is 0. The molecular formula is C24H30ClN3O. The largest absolute Gasteiger partial charge is 0.369 e. The molecule has 4 rings (SSSR count). The third kappa shape index (κ3) is 4.19. The number of halogens is 1. The molecule has 1 aliphatic rings. The van der Waals surface area contributed by atoms with Crippen LogP contribution in [0.15, 0.2) is 36.4 Å². The van der Waals surface area contributed by atoms with E-state index in [0.29, 0.717) is 6.54 Å². The van der Waals surface area contributed by atoms with E-state index in [1.165, 1.54) is 22.4 Å². The van der Waals surface area contributed by atoms with Crippen molar-refractivity contribution in [3.8, 4) is 0 Å². The molecule has 0 unspecified atom stereocenters. The molecule has 4 nitrogen and oxygen atoms in total. The Morgan fingerprint density at radius 2 is 1.72 bits per heavy atom. The normalized spacial score (nSPS) is 14.8. The minimum absolute atomic E-state index is 0. The number of nitrogens with one attached hydrogen (secondary N) is 1. The van der Waals surface area contributed by atoms with Crippen LogP contribution in [0.1, 0.15) is 32.7 Å². The molecule has 1 saturated heterocycles. The summed E-state index contributed by atoms with van der Waals surface area (Å²) in [5.74, 6) is 0.216. The van der Waals surface area contributed by atoms with E-state index in [4.69, 9.17) is 0 Å². The lowest BCUT2D eigenvalue weighted by molar-refractivity contribution is 0.0927. The van der Waals surface area contributed by atoms with Gasteiger partial charge in [0.05, 0.1) is 6.54 Å². The van der Waals surface area contributed by atoms with Gasteiger partial charge in [0.2, 0.25) is 0 Å². The van der Waals surface area contributed by atoms with Crippen LogP contribution < -0.4 is 4.90 Å². The summed E-state index contributed by atoms with van der Waals surface area (Å²) in [5, 5.41) is 1.04. The number of fused-ring (bicyclic) bond motifs is 1. The van der Waals surface area contributed by atoms with Crippen LogP contribution in [-0.4, -0.2) is 48.4 Å². The van der Waals surface area contributed by atoms with Crippen molar-refractivity contribution in [3.05, 3.63) is 64.3 Å². The number of nitrogens with zero attached hydrogens (tertiary/aromatic N) is 2. The van der Waals surface area contributed by atoms with Crippen LogP contribution in [0.3, 0.4) is 0 Å². The van der Waals surface area contributed by atoms with Gasteiger partial charge < -0.3 is 9.88 Å². The van der Waals surface area contributed by atoms with Gasteiger partial charge in [0, 0.05) is 54.0 Å². The fourth-order valence-electron chi connectivity index (χ4n) is 4.31. The van der Waals surface area contributed by atoms with Crippen molar-refractivity contribution in [2.24, 2.45) is 0 Å². The summed E-state index contributed by atoms with van der Waals surface area (Å²) in [4.78, 5) is 21.2. The van der Waals surface area contributed by atoms with Crippen molar-refractivity contribution in [3.63, 3.8) is 0 Å². The maximum absolute atomic E-state index is 13.1. The molecule has 0 radical (unpaired) electrons. The lowest BCUT2D eigenvalue weighted by Crippen LogP contribution is -2.48. The third-order valence-corrected chi connectivity index (χ3v) is 6.08. The third-order valence-electron chi connectivity index (χ3n) is 6.08. The summed E-state index contributed by atoms with van der Waals surface area (Å²) >= 11 is 0. The Labute approximate surface area is 179 Å².